The van der Waals surface area contributed by atoms with Gasteiger partial charge in [0.05, 0.1) is 15.9 Å². The van der Waals surface area contributed by atoms with Crippen LogP contribution in [0, 0.1) is 5.92 Å². The number of fused-ring (bicyclic) bond motifs is 1. The first-order valence-corrected chi connectivity index (χ1v) is 10.1. The molecule has 3 rings (SSSR count). The second-order valence-electron chi connectivity index (χ2n) is 6.72. The number of aryl methyl sites for hydroxylation is 1. The zero-order valence-electron chi connectivity index (χ0n) is 15.0. The molecule has 0 unspecified atom stereocenters. The monoisotopic (exact) mass is 373 g/mol. The van der Waals surface area contributed by atoms with Gasteiger partial charge in [0.2, 0.25) is 10.0 Å². The topological polar surface area (TPSA) is 94.8 Å². The number of hydrogen-bond acceptors (Lipinski definition) is 3. The van der Waals surface area contributed by atoms with Gasteiger partial charge in [-0.15, -0.1) is 0 Å². The van der Waals surface area contributed by atoms with Crippen LogP contribution in [0.3, 0.4) is 0 Å². The van der Waals surface area contributed by atoms with Gasteiger partial charge in [-0.05, 0) is 41.7 Å². The van der Waals surface area contributed by atoms with Crippen molar-refractivity contribution in [3.05, 3.63) is 64.1 Å². The molecule has 1 atom stereocenters. The molecule has 0 spiro atoms. The first kappa shape index (κ1) is 18.4. The van der Waals surface area contributed by atoms with Crippen molar-refractivity contribution in [2.24, 2.45) is 5.92 Å². The fourth-order valence-electron chi connectivity index (χ4n) is 2.96. The predicted octanol–water partition coefficient (Wildman–Crippen LogP) is 3.09. The molecule has 138 valence electrons. The van der Waals surface area contributed by atoms with E-state index >= 15 is 0 Å². The lowest BCUT2D eigenvalue weighted by molar-refractivity contribution is 0.463. The van der Waals surface area contributed by atoms with Crippen LogP contribution in [0.4, 0.5) is 0 Å². The molecule has 0 fully saturated rings. The molecule has 0 aliphatic heterocycles. The smallest absolute Gasteiger partial charge is 0.306 e. The summed E-state index contributed by atoms with van der Waals surface area (Å²) in [6.45, 7) is 6.04. The minimum Gasteiger partial charge on any atom is -0.306 e. The van der Waals surface area contributed by atoms with Crippen LogP contribution in [0.1, 0.15) is 37.9 Å². The fraction of sp³-hybridized carbons (Fsp3) is 0.316. The van der Waals surface area contributed by atoms with Crippen molar-refractivity contribution in [1.29, 1.82) is 0 Å². The van der Waals surface area contributed by atoms with Crippen molar-refractivity contribution in [3.8, 4) is 0 Å². The minimum absolute atomic E-state index is 0.0769. The molecule has 6 nitrogen and oxygen atoms in total. The van der Waals surface area contributed by atoms with Crippen LogP contribution in [0.5, 0.6) is 0 Å². The Hall–Kier alpha value is -2.38. The van der Waals surface area contributed by atoms with E-state index in [2.05, 4.69) is 21.6 Å². The summed E-state index contributed by atoms with van der Waals surface area (Å²) < 4.78 is 28.6. The molecule has 2 aromatic carbocycles. The molecule has 0 radical (unpaired) electrons. The van der Waals surface area contributed by atoms with Gasteiger partial charge in [-0.2, -0.15) is 0 Å². The van der Waals surface area contributed by atoms with Crippen molar-refractivity contribution < 1.29 is 8.42 Å². The van der Waals surface area contributed by atoms with Gasteiger partial charge in [-0.25, -0.2) is 17.9 Å². The lowest BCUT2D eigenvalue weighted by Crippen LogP contribution is -2.31. The number of hydrogen-bond donors (Lipinski definition) is 3. The summed E-state index contributed by atoms with van der Waals surface area (Å²) in [4.78, 5) is 16.7. The molecule has 0 saturated heterocycles. The van der Waals surface area contributed by atoms with E-state index in [0.717, 1.165) is 12.0 Å². The van der Waals surface area contributed by atoms with Gasteiger partial charge < -0.3 is 9.97 Å². The number of sulfonamides is 1. The van der Waals surface area contributed by atoms with Gasteiger partial charge in [-0.3, -0.25) is 0 Å². The predicted molar refractivity (Wildman–Crippen MR) is 103 cm³/mol. The van der Waals surface area contributed by atoms with Crippen LogP contribution < -0.4 is 10.4 Å². The van der Waals surface area contributed by atoms with E-state index in [0.29, 0.717) is 11.0 Å². The third-order valence-electron chi connectivity index (χ3n) is 4.49. The molecule has 0 amide bonds. The van der Waals surface area contributed by atoms with Crippen molar-refractivity contribution in [1.82, 2.24) is 14.7 Å². The van der Waals surface area contributed by atoms with Gasteiger partial charge in [-0.1, -0.05) is 45.0 Å². The molecule has 7 heteroatoms. The maximum absolute atomic E-state index is 12.9. The van der Waals surface area contributed by atoms with Gasteiger partial charge in [0.15, 0.2) is 0 Å². The summed E-state index contributed by atoms with van der Waals surface area (Å²) in [6.07, 6.45) is 0.938. The van der Waals surface area contributed by atoms with Crippen molar-refractivity contribution in [2.75, 3.05) is 0 Å². The zero-order valence-corrected chi connectivity index (χ0v) is 15.9. The van der Waals surface area contributed by atoms with E-state index in [1.165, 1.54) is 17.7 Å². The molecule has 1 aromatic heterocycles. The van der Waals surface area contributed by atoms with Gasteiger partial charge >= 0.3 is 5.69 Å². The Morgan fingerprint density at radius 1 is 1.00 bits per heavy atom. The van der Waals surface area contributed by atoms with Crippen molar-refractivity contribution in [3.63, 3.8) is 0 Å². The summed E-state index contributed by atoms with van der Waals surface area (Å²) in [7, 11) is -3.74. The van der Waals surface area contributed by atoms with E-state index < -0.39 is 10.0 Å². The first-order chi connectivity index (χ1) is 12.3. The highest BCUT2D eigenvalue weighted by Crippen LogP contribution is 2.25. The SMILES string of the molecule is CCc1ccc([C@H](NS(=O)(=O)c2ccc3[nH]c(=O)[nH]c3c2)C(C)C)cc1. The van der Waals surface area contributed by atoms with Crippen LogP contribution >= 0.6 is 0 Å². The summed E-state index contributed by atoms with van der Waals surface area (Å²) in [5, 5.41) is 0. The average Bonchev–Trinajstić information content (AvgIpc) is 2.99. The average molecular weight is 373 g/mol. The highest BCUT2D eigenvalue weighted by atomic mass is 32.2. The molecular weight excluding hydrogens is 350 g/mol. The highest BCUT2D eigenvalue weighted by Gasteiger charge is 2.24. The maximum atomic E-state index is 12.9. The minimum atomic E-state index is -3.74. The molecule has 0 saturated carbocycles. The Balaban J connectivity index is 1.94. The lowest BCUT2D eigenvalue weighted by atomic mass is 9.96. The normalized spacial score (nSPS) is 13.4. The summed E-state index contributed by atoms with van der Waals surface area (Å²) in [6, 6.07) is 12.2. The molecular formula is C19H23N3O3S. The van der Waals surface area contributed by atoms with E-state index in [9.17, 15) is 13.2 Å². The van der Waals surface area contributed by atoms with E-state index in [1.54, 1.807) is 6.07 Å². The molecule has 3 N–H and O–H groups in total. The third-order valence-corrected chi connectivity index (χ3v) is 5.93. The summed E-state index contributed by atoms with van der Waals surface area (Å²) >= 11 is 0. The number of rotatable bonds is 6. The Labute approximate surface area is 152 Å². The van der Waals surface area contributed by atoms with Gasteiger partial charge in [0.25, 0.3) is 0 Å². The van der Waals surface area contributed by atoms with E-state index in [1.807, 2.05) is 38.1 Å². The third kappa shape index (κ3) is 3.73. The Bertz CT molecular complexity index is 1060. The van der Waals surface area contributed by atoms with Gasteiger partial charge in [0, 0.05) is 6.04 Å². The standard InChI is InChI=1S/C19H23N3O3S/c1-4-13-5-7-14(8-6-13)18(12(2)3)22-26(24,25)15-9-10-16-17(11-15)21-19(23)20-16/h5-12,18,22H,4H2,1-3H3,(H2,20,21,23)/t18-/m1/s1. The van der Waals surface area contributed by atoms with Crippen LogP contribution in [-0.2, 0) is 16.4 Å². The Morgan fingerprint density at radius 2 is 1.65 bits per heavy atom. The quantitative estimate of drug-likeness (QED) is 0.620. The number of imidazole rings is 1. The van der Waals surface area contributed by atoms with Gasteiger partial charge in [0.1, 0.15) is 0 Å². The number of aromatic nitrogens is 2. The van der Waals surface area contributed by atoms with Crippen LogP contribution in [0.2, 0.25) is 0 Å². The summed E-state index contributed by atoms with van der Waals surface area (Å²) in [5.74, 6) is 0.0769. The van der Waals surface area contributed by atoms with E-state index in [4.69, 9.17) is 0 Å². The van der Waals surface area contributed by atoms with Crippen molar-refractivity contribution >= 4 is 21.1 Å². The number of benzene rings is 2. The Morgan fingerprint density at radius 3 is 2.27 bits per heavy atom. The molecule has 0 aliphatic rings. The first-order valence-electron chi connectivity index (χ1n) is 8.63. The lowest BCUT2D eigenvalue weighted by Gasteiger charge is -2.23. The highest BCUT2D eigenvalue weighted by molar-refractivity contribution is 7.89. The fourth-order valence-corrected chi connectivity index (χ4v) is 4.36. The second kappa shape index (κ2) is 7.09. The molecule has 0 aliphatic carbocycles. The van der Waals surface area contributed by atoms with Crippen LogP contribution in [0.15, 0.2) is 52.2 Å². The van der Waals surface area contributed by atoms with Crippen LogP contribution in [0.25, 0.3) is 11.0 Å². The van der Waals surface area contributed by atoms with Crippen molar-refractivity contribution in [2.45, 2.75) is 38.1 Å². The molecule has 3 aromatic rings. The maximum Gasteiger partial charge on any atom is 0.323 e. The largest absolute Gasteiger partial charge is 0.323 e. The van der Waals surface area contributed by atoms with Crippen LogP contribution in [-0.4, -0.2) is 18.4 Å². The number of aromatic amines is 2. The van der Waals surface area contributed by atoms with E-state index in [-0.39, 0.29) is 22.5 Å². The number of nitrogens with one attached hydrogen (secondary N) is 3. The zero-order chi connectivity index (χ0) is 18.9. The second-order valence-corrected chi connectivity index (χ2v) is 8.44. The molecule has 1 heterocycles. The number of H-pyrrole nitrogens is 2. The molecule has 26 heavy (non-hydrogen) atoms. The molecule has 0 bridgehead atoms. The Kier molecular flexibility index (Phi) is 5.02. The summed E-state index contributed by atoms with van der Waals surface area (Å²) in [5.41, 5.74) is 2.81.